The number of hydrogen-bond acceptors (Lipinski definition) is 2. The van der Waals surface area contributed by atoms with E-state index in [9.17, 15) is 13.2 Å². The lowest BCUT2D eigenvalue weighted by molar-refractivity contribution is -0.322. The summed E-state index contributed by atoms with van der Waals surface area (Å²) in [6, 6.07) is 5.16. The molecule has 0 spiro atoms. The Labute approximate surface area is 96.4 Å². The second-order valence-electron chi connectivity index (χ2n) is 3.18. The summed E-state index contributed by atoms with van der Waals surface area (Å²) in [6.45, 7) is 1.47. The maximum atomic E-state index is 11.7. The molecule has 0 radical (unpaired) electrons. The topological polar surface area (TPSA) is 21.3 Å². The normalized spacial score (nSPS) is 11.6. The predicted octanol–water partition coefficient (Wildman–Crippen LogP) is 3.60. The van der Waals surface area contributed by atoms with Crippen molar-refractivity contribution >= 4 is 17.3 Å². The van der Waals surface area contributed by atoms with E-state index in [1.54, 1.807) is 18.2 Å². The monoisotopic (exact) mass is 253 g/mol. The lowest BCUT2D eigenvalue weighted by Gasteiger charge is -2.11. The lowest BCUT2D eigenvalue weighted by Crippen LogP contribution is -2.19. The second-order valence-corrected chi connectivity index (χ2v) is 3.62. The van der Waals surface area contributed by atoms with Gasteiger partial charge in [-0.2, -0.15) is 0 Å². The van der Waals surface area contributed by atoms with E-state index in [1.807, 2.05) is 6.92 Å². The molecule has 1 aromatic carbocycles. The minimum Gasteiger partial charge on any atom is -0.382 e. The maximum Gasteiger partial charge on any atom is 0.522 e. The molecule has 1 rings (SSSR count). The van der Waals surface area contributed by atoms with E-state index in [4.69, 9.17) is 11.6 Å². The molecule has 16 heavy (non-hydrogen) atoms. The molecule has 0 fully saturated rings. The Morgan fingerprint density at radius 1 is 1.38 bits per heavy atom. The molecular formula is C10H11ClF3NO. The van der Waals surface area contributed by atoms with Crippen molar-refractivity contribution in [2.75, 3.05) is 18.5 Å². The molecule has 6 heteroatoms. The van der Waals surface area contributed by atoms with Crippen molar-refractivity contribution in [1.29, 1.82) is 0 Å². The zero-order valence-corrected chi connectivity index (χ0v) is 9.32. The van der Waals surface area contributed by atoms with Crippen LogP contribution in [0.4, 0.5) is 18.9 Å². The highest BCUT2D eigenvalue weighted by molar-refractivity contribution is 6.30. The third-order valence-corrected chi connectivity index (χ3v) is 2.12. The van der Waals surface area contributed by atoms with Gasteiger partial charge in [-0.1, -0.05) is 17.7 Å². The van der Waals surface area contributed by atoms with Gasteiger partial charge in [0, 0.05) is 17.3 Å². The summed E-state index contributed by atoms with van der Waals surface area (Å²) in [5.74, 6) is 0. The Kier molecular flexibility index (Phi) is 4.44. The first-order valence-corrected chi connectivity index (χ1v) is 4.97. The fourth-order valence-corrected chi connectivity index (χ4v) is 1.31. The fourth-order valence-electron chi connectivity index (χ4n) is 1.14. The van der Waals surface area contributed by atoms with Gasteiger partial charge in [-0.25, -0.2) is 0 Å². The van der Waals surface area contributed by atoms with Crippen molar-refractivity contribution in [2.24, 2.45) is 0 Å². The van der Waals surface area contributed by atoms with Gasteiger partial charge in [0.05, 0.1) is 6.61 Å². The molecule has 0 heterocycles. The Morgan fingerprint density at radius 2 is 2.06 bits per heavy atom. The van der Waals surface area contributed by atoms with Gasteiger partial charge in [0.1, 0.15) is 0 Å². The summed E-state index contributed by atoms with van der Waals surface area (Å²) >= 11 is 5.75. The van der Waals surface area contributed by atoms with E-state index >= 15 is 0 Å². The molecular weight excluding hydrogens is 243 g/mol. The number of ether oxygens (including phenoxy) is 1. The Hall–Kier alpha value is -0.940. The summed E-state index contributed by atoms with van der Waals surface area (Å²) in [4.78, 5) is 0. The molecule has 0 amide bonds. The van der Waals surface area contributed by atoms with Gasteiger partial charge in [-0.3, -0.25) is 4.74 Å². The van der Waals surface area contributed by atoms with Crippen LogP contribution in [0.15, 0.2) is 18.2 Å². The average Bonchev–Trinajstić information content (AvgIpc) is 2.16. The second kappa shape index (κ2) is 5.41. The van der Waals surface area contributed by atoms with Crippen LogP contribution in [0.25, 0.3) is 0 Å². The summed E-state index contributed by atoms with van der Waals surface area (Å²) in [5, 5.41) is 3.35. The first-order chi connectivity index (χ1) is 7.38. The number of alkyl halides is 3. The molecule has 0 unspecified atom stereocenters. The van der Waals surface area contributed by atoms with Crippen LogP contribution in [0.3, 0.4) is 0 Å². The molecule has 2 nitrogen and oxygen atoms in total. The Balaban J connectivity index is 2.40. The van der Waals surface area contributed by atoms with Crippen molar-refractivity contribution < 1.29 is 17.9 Å². The average molecular weight is 254 g/mol. The van der Waals surface area contributed by atoms with Gasteiger partial charge in [0.25, 0.3) is 0 Å². The largest absolute Gasteiger partial charge is 0.522 e. The number of benzene rings is 1. The van der Waals surface area contributed by atoms with Gasteiger partial charge in [0.15, 0.2) is 0 Å². The quantitative estimate of drug-likeness (QED) is 0.828. The molecule has 1 N–H and O–H groups in total. The predicted molar refractivity (Wildman–Crippen MR) is 56.7 cm³/mol. The fraction of sp³-hybridized carbons (Fsp3) is 0.400. The number of nitrogens with one attached hydrogen (secondary N) is 1. The molecule has 0 saturated carbocycles. The van der Waals surface area contributed by atoms with Gasteiger partial charge in [-0.05, 0) is 24.6 Å². The highest BCUT2D eigenvalue weighted by Gasteiger charge is 2.28. The van der Waals surface area contributed by atoms with Crippen LogP contribution in [-0.4, -0.2) is 19.5 Å². The molecule has 0 aliphatic carbocycles. The number of rotatable bonds is 4. The first kappa shape index (κ1) is 13.1. The van der Waals surface area contributed by atoms with Crippen molar-refractivity contribution in [1.82, 2.24) is 0 Å². The van der Waals surface area contributed by atoms with Crippen molar-refractivity contribution in [2.45, 2.75) is 13.3 Å². The third kappa shape index (κ3) is 4.72. The molecule has 1 aromatic rings. The zero-order valence-electron chi connectivity index (χ0n) is 8.57. The summed E-state index contributed by atoms with van der Waals surface area (Å²) in [6.07, 6.45) is -4.58. The zero-order chi connectivity index (χ0) is 12.2. The highest BCUT2D eigenvalue weighted by Crippen LogP contribution is 2.20. The molecule has 0 saturated heterocycles. The number of aryl methyl sites for hydroxylation is 1. The SMILES string of the molecule is Cc1ccc(Cl)cc1NCCOC(F)(F)F. The van der Waals surface area contributed by atoms with Gasteiger partial charge in [-0.15, -0.1) is 13.2 Å². The summed E-state index contributed by atoms with van der Waals surface area (Å²) in [7, 11) is 0. The van der Waals surface area contributed by atoms with Gasteiger partial charge >= 0.3 is 6.36 Å². The summed E-state index contributed by atoms with van der Waals surface area (Å²) in [5.41, 5.74) is 1.62. The van der Waals surface area contributed by atoms with Gasteiger partial charge < -0.3 is 5.32 Å². The molecule has 0 aliphatic rings. The van der Waals surface area contributed by atoms with Crippen molar-refractivity contribution in [3.8, 4) is 0 Å². The molecule has 0 bridgehead atoms. The van der Waals surface area contributed by atoms with Crippen molar-refractivity contribution in [3.05, 3.63) is 28.8 Å². The lowest BCUT2D eigenvalue weighted by atomic mass is 10.2. The van der Waals surface area contributed by atoms with Gasteiger partial charge in [0.2, 0.25) is 0 Å². The number of anilines is 1. The Morgan fingerprint density at radius 3 is 2.69 bits per heavy atom. The van der Waals surface area contributed by atoms with Crippen molar-refractivity contribution in [3.63, 3.8) is 0 Å². The van der Waals surface area contributed by atoms with Crippen LogP contribution >= 0.6 is 11.6 Å². The molecule has 90 valence electrons. The van der Waals surface area contributed by atoms with E-state index in [1.165, 1.54) is 0 Å². The number of hydrogen-bond donors (Lipinski definition) is 1. The van der Waals surface area contributed by atoms with E-state index in [-0.39, 0.29) is 6.54 Å². The first-order valence-electron chi connectivity index (χ1n) is 4.59. The van der Waals surface area contributed by atoms with Crippen LogP contribution < -0.4 is 5.32 Å². The maximum absolute atomic E-state index is 11.7. The van der Waals surface area contributed by atoms with Crippen LogP contribution in [0.5, 0.6) is 0 Å². The smallest absolute Gasteiger partial charge is 0.382 e. The van der Waals surface area contributed by atoms with E-state index < -0.39 is 13.0 Å². The molecule has 0 atom stereocenters. The van der Waals surface area contributed by atoms with Crippen LogP contribution in [0.2, 0.25) is 5.02 Å². The Bertz CT molecular complexity index is 354. The number of halogens is 4. The van der Waals surface area contributed by atoms with Crippen LogP contribution in [0.1, 0.15) is 5.56 Å². The third-order valence-electron chi connectivity index (χ3n) is 1.88. The van der Waals surface area contributed by atoms with Crippen LogP contribution in [-0.2, 0) is 4.74 Å². The minimum absolute atomic E-state index is 0.0701. The molecule has 0 aromatic heterocycles. The highest BCUT2D eigenvalue weighted by atomic mass is 35.5. The van der Waals surface area contributed by atoms with Crippen LogP contribution in [0, 0.1) is 6.92 Å². The van der Waals surface area contributed by atoms with E-state index in [0.29, 0.717) is 10.7 Å². The minimum atomic E-state index is -4.58. The van der Waals surface area contributed by atoms with E-state index in [0.717, 1.165) is 5.56 Å². The summed E-state index contributed by atoms with van der Waals surface area (Å²) < 4.78 is 38.6. The standard InChI is InChI=1S/C10H11ClF3NO/c1-7-2-3-8(11)6-9(7)15-4-5-16-10(12,13)14/h2-3,6,15H,4-5H2,1H3. The van der Waals surface area contributed by atoms with E-state index in [2.05, 4.69) is 10.1 Å². The molecule has 0 aliphatic heterocycles.